The van der Waals surface area contributed by atoms with Crippen LogP contribution in [0, 0.1) is 5.92 Å². The van der Waals surface area contributed by atoms with Crippen molar-refractivity contribution in [2.45, 2.75) is 12.3 Å². The van der Waals surface area contributed by atoms with Gasteiger partial charge in [0.05, 0.1) is 11.8 Å². The van der Waals surface area contributed by atoms with Crippen molar-refractivity contribution in [1.82, 2.24) is 4.90 Å². The number of fused-ring (bicyclic) bond motifs is 1. The smallest absolute Gasteiger partial charge is 0.344 e. The van der Waals surface area contributed by atoms with Crippen molar-refractivity contribution in [3.63, 3.8) is 0 Å². The van der Waals surface area contributed by atoms with Gasteiger partial charge < -0.3 is 14.7 Å². The maximum atomic E-state index is 13.1. The highest BCUT2D eigenvalue weighted by Crippen LogP contribution is 2.31. The number of ether oxygens (including phenoxy) is 1. The monoisotopic (exact) mass is 422 g/mol. The van der Waals surface area contributed by atoms with Crippen LogP contribution in [0.1, 0.15) is 15.9 Å². The molecule has 0 spiro atoms. The number of phenols is 1. The number of halogens is 1. The predicted molar refractivity (Wildman–Crippen MR) is 113 cm³/mol. The van der Waals surface area contributed by atoms with Gasteiger partial charge in [0.1, 0.15) is 11.3 Å². The molecule has 6 nitrogen and oxygen atoms in total. The van der Waals surface area contributed by atoms with Gasteiger partial charge in [0, 0.05) is 18.0 Å². The molecular formula is C23H19ClN2O4. The zero-order chi connectivity index (χ0) is 21.3. The van der Waals surface area contributed by atoms with Gasteiger partial charge in [0.15, 0.2) is 0 Å². The topological polar surface area (TPSA) is 79.2 Å². The van der Waals surface area contributed by atoms with Gasteiger partial charge >= 0.3 is 5.97 Å². The third kappa shape index (κ3) is 3.74. The molecule has 1 heterocycles. The van der Waals surface area contributed by atoms with Gasteiger partial charge in [-0.1, -0.05) is 66.2 Å². The van der Waals surface area contributed by atoms with E-state index < -0.39 is 18.1 Å². The lowest BCUT2D eigenvalue weighted by Crippen LogP contribution is -2.45. The Bertz CT molecular complexity index is 1080. The molecule has 3 atom stereocenters. The number of phenolic OH excluding ortho intramolecular Hbond substituents is 1. The molecule has 1 aliphatic carbocycles. The van der Waals surface area contributed by atoms with Crippen LogP contribution < -0.4 is 0 Å². The van der Waals surface area contributed by atoms with Gasteiger partial charge in [-0.25, -0.2) is 9.79 Å². The number of para-hydroxylation sites is 1. The quantitative estimate of drug-likeness (QED) is 0.767. The zero-order valence-corrected chi connectivity index (χ0v) is 16.9. The first-order valence-electron chi connectivity index (χ1n) is 9.40. The third-order valence-corrected chi connectivity index (χ3v) is 5.40. The van der Waals surface area contributed by atoms with Crippen LogP contribution in [0.2, 0.25) is 0 Å². The number of carbonyl (C=O) groups is 2. The molecule has 1 aliphatic heterocycles. The van der Waals surface area contributed by atoms with E-state index in [4.69, 9.17) is 16.3 Å². The molecule has 0 radical (unpaired) electrons. The standard InChI is InChI=1S/C23H19ClN2O4/c1-26-18-12-11-15(24)13-17(18)20(14-7-3-2-4-8-14)25-21(22(26)28)30-23(29)16-9-5-6-10-19(16)27/h2-13,17-18,21,27H,1H3. The number of hydrogen-bond donors (Lipinski definition) is 1. The van der Waals surface area contributed by atoms with E-state index in [1.807, 2.05) is 42.5 Å². The average Bonchev–Trinajstić information content (AvgIpc) is 2.85. The lowest BCUT2D eigenvalue weighted by atomic mass is 9.86. The summed E-state index contributed by atoms with van der Waals surface area (Å²) in [6, 6.07) is 15.1. The van der Waals surface area contributed by atoms with E-state index in [-0.39, 0.29) is 23.3 Å². The van der Waals surface area contributed by atoms with Gasteiger partial charge in [-0.2, -0.15) is 0 Å². The van der Waals surface area contributed by atoms with Crippen LogP contribution in [0.4, 0.5) is 0 Å². The van der Waals surface area contributed by atoms with Gasteiger partial charge in [0.2, 0.25) is 0 Å². The minimum absolute atomic E-state index is 0.0334. The van der Waals surface area contributed by atoms with Crippen LogP contribution in [0.15, 0.2) is 82.9 Å². The molecule has 3 unspecified atom stereocenters. The molecule has 4 rings (SSSR count). The molecule has 0 saturated carbocycles. The zero-order valence-electron chi connectivity index (χ0n) is 16.1. The molecule has 1 N–H and O–H groups in total. The number of nitrogens with zero attached hydrogens (tertiary/aromatic N) is 2. The number of aliphatic imine (C=N–C) groups is 1. The average molecular weight is 423 g/mol. The van der Waals surface area contributed by atoms with Crippen molar-refractivity contribution >= 4 is 29.2 Å². The minimum Gasteiger partial charge on any atom is -0.507 e. The van der Waals surface area contributed by atoms with E-state index in [1.54, 1.807) is 25.3 Å². The van der Waals surface area contributed by atoms with E-state index >= 15 is 0 Å². The van der Waals surface area contributed by atoms with Gasteiger partial charge in [-0.3, -0.25) is 4.79 Å². The summed E-state index contributed by atoms with van der Waals surface area (Å²) in [7, 11) is 1.64. The van der Waals surface area contributed by atoms with Crippen LogP contribution in [-0.2, 0) is 9.53 Å². The van der Waals surface area contributed by atoms with Crippen LogP contribution in [-0.4, -0.2) is 46.9 Å². The number of aromatic hydroxyl groups is 1. The van der Waals surface area contributed by atoms with E-state index in [9.17, 15) is 14.7 Å². The molecule has 2 aromatic rings. The maximum Gasteiger partial charge on any atom is 0.344 e. The first-order chi connectivity index (χ1) is 14.5. The van der Waals surface area contributed by atoms with E-state index in [0.29, 0.717) is 10.7 Å². The fourth-order valence-electron chi connectivity index (χ4n) is 3.60. The van der Waals surface area contributed by atoms with Crippen molar-refractivity contribution in [1.29, 1.82) is 0 Å². The molecule has 7 heteroatoms. The Labute approximate surface area is 178 Å². The van der Waals surface area contributed by atoms with Gasteiger partial charge in [-0.05, 0) is 23.8 Å². The normalized spacial score (nSPS) is 23.2. The highest BCUT2D eigenvalue weighted by atomic mass is 35.5. The fraction of sp³-hybridized carbons (Fsp3) is 0.174. The van der Waals surface area contributed by atoms with Crippen LogP contribution in [0.3, 0.4) is 0 Å². The molecular weight excluding hydrogens is 404 g/mol. The van der Waals surface area contributed by atoms with E-state index in [1.165, 1.54) is 17.0 Å². The molecule has 0 aromatic heterocycles. The number of allylic oxidation sites excluding steroid dienone is 2. The number of esters is 1. The number of benzene rings is 2. The summed E-state index contributed by atoms with van der Waals surface area (Å²) in [5.74, 6) is -1.82. The van der Waals surface area contributed by atoms with E-state index in [2.05, 4.69) is 4.99 Å². The van der Waals surface area contributed by atoms with Crippen molar-refractivity contribution in [2.75, 3.05) is 7.05 Å². The Morgan fingerprint density at radius 1 is 1.13 bits per heavy atom. The summed E-state index contributed by atoms with van der Waals surface area (Å²) in [5.41, 5.74) is 1.36. The highest BCUT2D eigenvalue weighted by molar-refractivity contribution is 6.31. The largest absolute Gasteiger partial charge is 0.507 e. The Morgan fingerprint density at radius 2 is 1.83 bits per heavy atom. The third-order valence-electron chi connectivity index (χ3n) is 5.15. The Balaban J connectivity index is 1.77. The number of amides is 1. The van der Waals surface area contributed by atoms with Crippen LogP contribution in [0.5, 0.6) is 5.75 Å². The molecule has 2 aliphatic rings. The maximum absolute atomic E-state index is 13.1. The van der Waals surface area contributed by atoms with E-state index in [0.717, 1.165) is 5.56 Å². The molecule has 0 fully saturated rings. The lowest BCUT2D eigenvalue weighted by Gasteiger charge is -2.31. The Hall–Kier alpha value is -3.38. The molecule has 0 saturated heterocycles. The summed E-state index contributed by atoms with van der Waals surface area (Å²) in [5, 5.41) is 10.5. The molecule has 2 aromatic carbocycles. The lowest BCUT2D eigenvalue weighted by molar-refractivity contribution is -0.140. The number of rotatable bonds is 3. The molecule has 152 valence electrons. The van der Waals surface area contributed by atoms with Crippen molar-refractivity contribution < 1.29 is 19.4 Å². The first kappa shape index (κ1) is 19.9. The van der Waals surface area contributed by atoms with Crippen molar-refractivity contribution in [3.8, 4) is 5.75 Å². The SMILES string of the molecule is CN1C(=O)C(OC(=O)c2ccccc2O)N=C(c2ccccc2)C2C=C(Cl)C=CC21. The van der Waals surface area contributed by atoms with Crippen LogP contribution >= 0.6 is 11.6 Å². The summed E-state index contributed by atoms with van der Waals surface area (Å²) >= 11 is 6.25. The second-order valence-electron chi connectivity index (χ2n) is 7.03. The first-order valence-corrected chi connectivity index (χ1v) is 9.78. The van der Waals surface area contributed by atoms with Crippen LogP contribution in [0.25, 0.3) is 0 Å². The summed E-state index contributed by atoms with van der Waals surface area (Å²) in [6.07, 6.45) is 4.04. The molecule has 30 heavy (non-hydrogen) atoms. The van der Waals surface area contributed by atoms with Gasteiger partial charge in [0.25, 0.3) is 12.1 Å². The Kier molecular flexibility index (Phi) is 5.42. The molecule has 0 bridgehead atoms. The van der Waals surface area contributed by atoms with Gasteiger partial charge in [-0.15, -0.1) is 0 Å². The second kappa shape index (κ2) is 8.16. The predicted octanol–water partition coefficient (Wildman–Crippen LogP) is 3.51. The summed E-state index contributed by atoms with van der Waals surface area (Å²) in [4.78, 5) is 31.8. The Morgan fingerprint density at radius 3 is 2.57 bits per heavy atom. The summed E-state index contributed by atoms with van der Waals surface area (Å²) < 4.78 is 5.45. The molecule has 1 amide bonds. The highest BCUT2D eigenvalue weighted by Gasteiger charge is 2.40. The minimum atomic E-state index is -1.39. The fourth-order valence-corrected chi connectivity index (χ4v) is 3.81. The second-order valence-corrected chi connectivity index (χ2v) is 7.47. The van der Waals surface area contributed by atoms with Crippen molar-refractivity contribution in [2.24, 2.45) is 10.9 Å². The number of carbonyl (C=O) groups excluding carboxylic acids is 2. The van der Waals surface area contributed by atoms with Crippen molar-refractivity contribution in [3.05, 3.63) is 89.0 Å². The number of hydrogen-bond acceptors (Lipinski definition) is 5. The number of likely N-dealkylation sites (N-methyl/N-ethyl adjacent to an activating group) is 1. The summed E-state index contributed by atoms with van der Waals surface area (Å²) in [6.45, 7) is 0.